The molecule has 2 rings (SSSR count). The van der Waals surface area contributed by atoms with Crippen molar-refractivity contribution < 1.29 is 9.64 Å². The molecule has 6 heteroatoms. The summed E-state index contributed by atoms with van der Waals surface area (Å²) in [6.45, 7) is 6.62. The number of methoxy groups -OCH3 is 1. The van der Waals surface area contributed by atoms with Crippen LogP contribution in [-0.4, -0.2) is 49.3 Å². The van der Waals surface area contributed by atoms with Crippen molar-refractivity contribution in [1.82, 2.24) is 4.90 Å². The Morgan fingerprint density at radius 1 is 1.46 bits per heavy atom. The first-order chi connectivity index (χ1) is 11.5. The van der Waals surface area contributed by atoms with Crippen LogP contribution in [0.25, 0.3) is 0 Å². The Morgan fingerprint density at radius 2 is 2.12 bits per heavy atom. The number of quaternary nitrogens is 1. The van der Waals surface area contributed by atoms with Gasteiger partial charge in [0.15, 0.2) is 5.11 Å². The zero-order valence-corrected chi connectivity index (χ0v) is 16.6. The van der Waals surface area contributed by atoms with Crippen molar-refractivity contribution in [3.63, 3.8) is 0 Å². The number of ether oxygens (including phenoxy) is 1. The molecule has 0 aromatic heterocycles. The van der Waals surface area contributed by atoms with Crippen LogP contribution in [0, 0.1) is 0 Å². The van der Waals surface area contributed by atoms with Crippen LogP contribution >= 0.6 is 23.8 Å². The Kier molecular flexibility index (Phi) is 7.14. The number of rotatable bonds is 5. The lowest BCUT2D eigenvalue weighted by atomic mass is 10.0. The van der Waals surface area contributed by atoms with Crippen molar-refractivity contribution in [2.75, 3.05) is 32.6 Å². The minimum atomic E-state index is 0.586. The predicted octanol–water partition coefficient (Wildman–Crippen LogP) is 2.82. The van der Waals surface area contributed by atoms with E-state index < -0.39 is 0 Å². The molecule has 1 heterocycles. The molecule has 4 nitrogen and oxygen atoms in total. The molecule has 1 fully saturated rings. The van der Waals surface area contributed by atoms with E-state index in [4.69, 9.17) is 28.6 Å². The van der Waals surface area contributed by atoms with Gasteiger partial charge in [-0.3, -0.25) is 0 Å². The molecule has 24 heavy (non-hydrogen) atoms. The lowest BCUT2D eigenvalue weighted by molar-refractivity contribution is -0.930. The predicted molar refractivity (Wildman–Crippen MR) is 105 cm³/mol. The van der Waals surface area contributed by atoms with Crippen LogP contribution < -0.4 is 15.0 Å². The first-order valence-corrected chi connectivity index (χ1v) is 9.47. The van der Waals surface area contributed by atoms with Crippen LogP contribution in [0.4, 0.5) is 5.69 Å². The van der Waals surface area contributed by atoms with Gasteiger partial charge in [0.2, 0.25) is 0 Å². The van der Waals surface area contributed by atoms with E-state index in [1.807, 2.05) is 18.2 Å². The topological polar surface area (TPSA) is 28.9 Å². The second kappa shape index (κ2) is 8.88. The SMILES string of the molecule is CCC(C)[NH+](C)C1CCN(C(=S)Nc2ccc(OC)c(Cl)c2)CC1. The first kappa shape index (κ1) is 19.3. The van der Waals surface area contributed by atoms with E-state index in [1.165, 1.54) is 19.3 Å². The summed E-state index contributed by atoms with van der Waals surface area (Å²) in [6, 6.07) is 7.08. The maximum Gasteiger partial charge on any atom is 0.173 e. The molecule has 0 spiro atoms. The average Bonchev–Trinajstić information content (AvgIpc) is 2.60. The standard InChI is InChI=1S/C18H28ClN3OS/c1-5-13(2)21(3)15-8-10-22(11-9-15)18(24)20-14-6-7-17(23-4)16(19)12-14/h6-7,12-13,15H,5,8-11H2,1-4H3,(H,20,24)/p+1. The van der Waals surface area contributed by atoms with Gasteiger partial charge in [-0.2, -0.15) is 0 Å². The van der Waals surface area contributed by atoms with E-state index in [2.05, 4.69) is 31.1 Å². The van der Waals surface area contributed by atoms with E-state index in [1.54, 1.807) is 12.0 Å². The smallest absolute Gasteiger partial charge is 0.173 e. The van der Waals surface area contributed by atoms with Gasteiger partial charge in [-0.25, -0.2) is 0 Å². The van der Waals surface area contributed by atoms with Gasteiger partial charge in [-0.1, -0.05) is 18.5 Å². The lowest BCUT2D eigenvalue weighted by Crippen LogP contribution is -3.16. The summed E-state index contributed by atoms with van der Waals surface area (Å²) in [7, 11) is 3.94. The van der Waals surface area contributed by atoms with Crippen LogP contribution in [0.15, 0.2) is 18.2 Å². The fourth-order valence-electron chi connectivity index (χ4n) is 3.21. The Morgan fingerprint density at radius 3 is 2.67 bits per heavy atom. The molecular formula is C18H29ClN3OS+. The Labute approximate surface area is 156 Å². The van der Waals surface area contributed by atoms with Gasteiger partial charge in [-0.05, 0) is 43.8 Å². The number of benzene rings is 1. The van der Waals surface area contributed by atoms with Gasteiger partial charge in [0.1, 0.15) is 5.75 Å². The van der Waals surface area contributed by atoms with E-state index in [0.29, 0.717) is 16.8 Å². The Balaban J connectivity index is 1.88. The average molecular weight is 371 g/mol. The highest BCUT2D eigenvalue weighted by Gasteiger charge is 2.28. The monoisotopic (exact) mass is 370 g/mol. The van der Waals surface area contributed by atoms with E-state index >= 15 is 0 Å². The second-order valence-corrected chi connectivity index (χ2v) is 7.39. The third-order valence-corrected chi connectivity index (χ3v) is 5.87. The van der Waals surface area contributed by atoms with E-state index in [9.17, 15) is 0 Å². The molecule has 2 N–H and O–H groups in total. The third kappa shape index (κ3) is 4.74. The number of nitrogens with zero attached hydrogens (tertiary/aromatic N) is 1. The zero-order valence-electron chi connectivity index (χ0n) is 15.1. The summed E-state index contributed by atoms with van der Waals surface area (Å²) in [5.74, 6) is 0.671. The molecule has 0 radical (unpaired) electrons. The maximum absolute atomic E-state index is 6.17. The van der Waals surface area contributed by atoms with Crippen molar-refractivity contribution in [2.24, 2.45) is 0 Å². The first-order valence-electron chi connectivity index (χ1n) is 8.69. The molecule has 2 atom stereocenters. The number of hydrogen-bond acceptors (Lipinski definition) is 2. The molecule has 0 amide bonds. The fraction of sp³-hybridized carbons (Fsp3) is 0.611. The number of piperidine rings is 1. The van der Waals surface area contributed by atoms with Gasteiger partial charge < -0.3 is 19.9 Å². The summed E-state index contributed by atoms with van der Waals surface area (Å²) < 4.78 is 5.18. The second-order valence-electron chi connectivity index (χ2n) is 6.59. The van der Waals surface area contributed by atoms with Gasteiger partial charge in [-0.15, -0.1) is 0 Å². The molecule has 1 saturated heterocycles. The minimum absolute atomic E-state index is 0.586. The van der Waals surface area contributed by atoms with Crippen molar-refractivity contribution in [3.05, 3.63) is 23.2 Å². The molecule has 1 aliphatic rings. The van der Waals surface area contributed by atoms with E-state index in [0.717, 1.165) is 29.9 Å². The Bertz CT molecular complexity index is 561. The molecule has 1 aliphatic heterocycles. The quantitative estimate of drug-likeness (QED) is 0.780. The van der Waals surface area contributed by atoms with Crippen LogP contribution in [-0.2, 0) is 0 Å². The summed E-state index contributed by atoms with van der Waals surface area (Å²) in [4.78, 5) is 3.91. The number of likely N-dealkylation sites (tertiary alicyclic amines) is 1. The molecular weight excluding hydrogens is 342 g/mol. The number of halogens is 1. The highest BCUT2D eigenvalue weighted by Crippen LogP contribution is 2.27. The van der Waals surface area contributed by atoms with Gasteiger partial charge >= 0.3 is 0 Å². The molecule has 1 aromatic carbocycles. The van der Waals surface area contributed by atoms with Crippen LogP contribution in [0.3, 0.4) is 0 Å². The number of nitrogens with one attached hydrogen (secondary N) is 2. The van der Waals surface area contributed by atoms with Gasteiger partial charge in [0, 0.05) is 31.6 Å². The Hall–Kier alpha value is -1.04. The summed E-state index contributed by atoms with van der Waals surface area (Å²) in [5.41, 5.74) is 0.898. The summed E-state index contributed by atoms with van der Waals surface area (Å²) in [6.07, 6.45) is 3.59. The third-order valence-electron chi connectivity index (χ3n) is 5.22. The van der Waals surface area contributed by atoms with E-state index in [-0.39, 0.29) is 0 Å². The fourth-order valence-corrected chi connectivity index (χ4v) is 3.77. The van der Waals surface area contributed by atoms with Crippen molar-refractivity contribution in [3.8, 4) is 5.75 Å². The highest BCUT2D eigenvalue weighted by atomic mass is 35.5. The minimum Gasteiger partial charge on any atom is -0.495 e. The van der Waals surface area contributed by atoms with Crippen LogP contribution in [0.5, 0.6) is 5.75 Å². The van der Waals surface area contributed by atoms with Crippen LogP contribution in [0.1, 0.15) is 33.1 Å². The number of anilines is 1. The molecule has 0 saturated carbocycles. The van der Waals surface area contributed by atoms with Gasteiger partial charge in [0.25, 0.3) is 0 Å². The van der Waals surface area contributed by atoms with Gasteiger partial charge in [0.05, 0.1) is 31.3 Å². The van der Waals surface area contributed by atoms with Crippen LogP contribution in [0.2, 0.25) is 5.02 Å². The summed E-state index contributed by atoms with van der Waals surface area (Å²) in [5, 5.41) is 4.65. The van der Waals surface area contributed by atoms with Crippen molar-refractivity contribution in [2.45, 2.75) is 45.2 Å². The lowest BCUT2D eigenvalue weighted by Gasteiger charge is -2.37. The zero-order chi connectivity index (χ0) is 17.7. The number of thiocarbonyl (C=S) groups is 1. The number of hydrogen-bond donors (Lipinski definition) is 2. The molecule has 2 unspecified atom stereocenters. The molecule has 0 bridgehead atoms. The summed E-state index contributed by atoms with van der Waals surface area (Å²) >= 11 is 11.7. The van der Waals surface area contributed by atoms with Crippen molar-refractivity contribution in [1.29, 1.82) is 0 Å². The molecule has 134 valence electrons. The maximum atomic E-state index is 6.17. The van der Waals surface area contributed by atoms with Crippen molar-refractivity contribution >= 4 is 34.6 Å². The molecule has 1 aromatic rings. The normalized spacial score (nSPS) is 18.1. The molecule has 0 aliphatic carbocycles. The largest absolute Gasteiger partial charge is 0.495 e. The highest BCUT2D eigenvalue weighted by molar-refractivity contribution is 7.80.